The van der Waals surface area contributed by atoms with Gasteiger partial charge in [-0.15, -0.1) is 0 Å². The van der Waals surface area contributed by atoms with Gasteiger partial charge in [-0.05, 0) is 33.1 Å². The molecule has 19 heavy (non-hydrogen) atoms. The number of rotatable bonds is 7. The minimum atomic E-state index is 0.440. The van der Waals surface area contributed by atoms with E-state index in [1.165, 1.54) is 0 Å². The largest absolute Gasteiger partial charge is 0.354 e. The van der Waals surface area contributed by atoms with Gasteiger partial charge >= 0.3 is 0 Å². The standard InChI is InChI=1S/C15H28N4/c1-7-8-16-15-17-9-13(6)14(18-15)19(12(4)5)10-11(2)3/h9,11-12H,7-8,10H2,1-6H3,(H,16,17,18). The molecule has 0 aliphatic rings. The van der Waals surface area contributed by atoms with Crippen molar-refractivity contribution < 1.29 is 0 Å². The van der Waals surface area contributed by atoms with Crippen LogP contribution in [0.1, 0.15) is 46.6 Å². The second-order valence-corrected chi connectivity index (χ2v) is 5.77. The summed E-state index contributed by atoms with van der Waals surface area (Å²) in [6.45, 7) is 15.0. The highest BCUT2D eigenvalue weighted by molar-refractivity contribution is 5.49. The van der Waals surface area contributed by atoms with Gasteiger partial charge in [0.2, 0.25) is 5.95 Å². The summed E-state index contributed by atoms with van der Waals surface area (Å²) in [6.07, 6.45) is 2.99. The first-order valence-corrected chi connectivity index (χ1v) is 7.29. The molecule has 4 heteroatoms. The zero-order valence-corrected chi connectivity index (χ0v) is 13.2. The average molecular weight is 264 g/mol. The van der Waals surface area contributed by atoms with Crippen molar-refractivity contribution in [2.45, 2.75) is 54.0 Å². The van der Waals surface area contributed by atoms with Crippen molar-refractivity contribution in [3.05, 3.63) is 11.8 Å². The van der Waals surface area contributed by atoms with Crippen molar-refractivity contribution in [2.75, 3.05) is 23.3 Å². The first-order valence-electron chi connectivity index (χ1n) is 7.29. The number of nitrogens with one attached hydrogen (secondary N) is 1. The lowest BCUT2D eigenvalue weighted by atomic mass is 10.1. The lowest BCUT2D eigenvalue weighted by molar-refractivity contribution is 0.564. The van der Waals surface area contributed by atoms with Crippen LogP contribution in [0.2, 0.25) is 0 Å². The molecule has 0 spiro atoms. The highest BCUT2D eigenvalue weighted by Gasteiger charge is 2.16. The van der Waals surface area contributed by atoms with E-state index < -0.39 is 0 Å². The summed E-state index contributed by atoms with van der Waals surface area (Å²) in [5, 5.41) is 3.26. The molecule has 0 radical (unpaired) electrons. The molecule has 1 rings (SSSR count). The molecule has 0 saturated carbocycles. The summed E-state index contributed by atoms with van der Waals surface area (Å²) in [5.41, 5.74) is 1.14. The van der Waals surface area contributed by atoms with Crippen molar-refractivity contribution in [1.29, 1.82) is 0 Å². The highest BCUT2D eigenvalue weighted by atomic mass is 15.2. The lowest BCUT2D eigenvalue weighted by Crippen LogP contribution is -2.35. The third-order valence-corrected chi connectivity index (χ3v) is 2.94. The lowest BCUT2D eigenvalue weighted by Gasteiger charge is -2.31. The summed E-state index contributed by atoms with van der Waals surface area (Å²) in [4.78, 5) is 11.4. The maximum Gasteiger partial charge on any atom is 0.224 e. The molecule has 1 aromatic heterocycles. The van der Waals surface area contributed by atoms with Gasteiger partial charge in [-0.25, -0.2) is 4.98 Å². The number of aromatic nitrogens is 2. The molecule has 1 aromatic rings. The Hall–Kier alpha value is -1.32. The Morgan fingerprint density at radius 2 is 1.95 bits per heavy atom. The van der Waals surface area contributed by atoms with Gasteiger partial charge in [-0.3, -0.25) is 0 Å². The van der Waals surface area contributed by atoms with Crippen LogP contribution in [-0.2, 0) is 0 Å². The van der Waals surface area contributed by atoms with E-state index in [4.69, 9.17) is 0 Å². The Bertz CT molecular complexity index is 388. The first-order chi connectivity index (χ1) is 8.95. The topological polar surface area (TPSA) is 41.1 Å². The average Bonchev–Trinajstić information content (AvgIpc) is 2.35. The monoisotopic (exact) mass is 264 g/mol. The molecule has 1 N–H and O–H groups in total. The van der Waals surface area contributed by atoms with Gasteiger partial charge in [-0.1, -0.05) is 20.8 Å². The van der Waals surface area contributed by atoms with Gasteiger partial charge < -0.3 is 10.2 Å². The molecule has 0 bridgehead atoms. The van der Waals surface area contributed by atoms with Crippen LogP contribution < -0.4 is 10.2 Å². The molecule has 0 atom stereocenters. The number of aryl methyl sites for hydroxylation is 1. The van der Waals surface area contributed by atoms with Crippen molar-refractivity contribution in [3.8, 4) is 0 Å². The normalized spacial score (nSPS) is 11.2. The van der Waals surface area contributed by atoms with E-state index in [9.17, 15) is 0 Å². The first kappa shape index (κ1) is 15.7. The summed E-state index contributed by atoms with van der Waals surface area (Å²) in [7, 11) is 0. The molecule has 1 heterocycles. The van der Waals surface area contributed by atoms with Gasteiger partial charge in [-0.2, -0.15) is 4.98 Å². The van der Waals surface area contributed by atoms with Crippen LogP contribution in [-0.4, -0.2) is 29.1 Å². The van der Waals surface area contributed by atoms with Crippen LogP contribution in [0, 0.1) is 12.8 Å². The molecule has 4 nitrogen and oxygen atoms in total. The van der Waals surface area contributed by atoms with Crippen LogP contribution in [0.3, 0.4) is 0 Å². The fourth-order valence-electron chi connectivity index (χ4n) is 1.98. The second-order valence-electron chi connectivity index (χ2n) is 5.77. The van der Waals surface area contributed by atoms with E-state index in [-0.39, 0.29) is 0 Å². The van der Waals surface area contributed by atoms with E-state index >= 15 is 0 Å². The number of hydrogen-bond donors (Lipinski definition) is 1. The summed E-state index contributed by atoms with van der Waals surface area (Å²) < 4.78 is 0. The van der Waals surface area contributed by atoms with Gasteiger partial charge in [0.25, 0.3) is 0 Å². The minimum absolute atomic E-state index is 0.440. The molecule has 0 aliphatic heterocycles. The zero-order valence-electron chi connectivity index (χ0n) is 13.2. The van der Waals surface area contributed by atoms with Crippen LogP contribution in [0.25, 0.3) is 0 Å². The molecule has 0 aromatic carbocycles. The van der Waals surface area contributed by atoms with Crippen molar-refractivity contribution in [1.82, 2.24) is 9.97 Å². The van der Waals surface area contributed by atoms with Gasteiger partial charge in [0.05, 0.1) is 0 Å². The van der Waals surface area contributed by atoms with E-state index in [1.54, 1.807) is 0 Å². The van der Waals surface area contributed by atoms with Crippen LogP contribution in [0.15, 0.2) is 6.20 Å². The van der Waals surface area contributed by atoms with Crippen LogP contribution in [0.5, 0.6) is 0 Å². The van der Waals surface area contributed by atoms with E-state index in [1.807, 2.05) is 6.20 Å². The number of hydrogen-bond acceptors (Lipinski definition) is 4. The Kier molecular flexibility index (Phi) is 6.06. The Labute approximate surface area is 117 Å². The smallest absolute Gasteiger partial charge is 0.224 e. The molecular formula is C15H28N4. The maximum atomic E-state index is 4.69. The molecule has 108 valence electrons. The van der Waals surface area contributed by atoms with E-state index in [2.05, 4.69) is 61.7 Å². The van der Waals surface area contributed by atoms with Crippen molar-refractivity contribution in [2.24, 2.45) is 5.92 Å². The van der Waals surface area contributed by atoms with Crippen LogP contribution >= 0.6 is 0 Å². The highest BCUT2D eigenvalue weighted by Crippen LogP contribution is 2.21. The quantitative estimate of drug-likeness (QED) is 0.818. The van der Waals surface area contributed by atoms with Gasteiger partial charge in [0.1, 0.15) is 5.82 Å². The molecule has 0 aliphatic carbocycles. The van der Waals surface area contributed by atoms with E-state index in [0.717, 1.165) is 36.8 Å². The van der Waals surface area contributed by atoms with Crippen molar-refractivity contribution >= 4 is 11.8 Å². The summed E-state index contributed by atoms with van der Waals surface area (Å²) in [5.74, 6) is 2.40. The Morgan fingerprint density at radius 1 is 1.26 bits per heavy atom. The Morgan fingerprint density at radius 3 is 2.47 bits per heavy atom. The van der Waals surface area contributed by atoms with E-state index in [0.29, 0.717) is 12.0 Å². The molecule has 0 saturated heterocycles. The third kappa shape index (κ3) is 4.69. The fourth-order valence-corrected chi connectivity index (χ4v) is 1.98. The predicted octanol–water partition coefficient (Wildman–Crippen LogP) is 3.48. The minimum Gasteiger partial charge on any atom is -0.354 e. The van der Waals surface area contributed by atoms with Gasteiger partial charge in [0, 0.05) is 30.9 Å². The maximum absolute atomic E-state index is 4.69. The Balaban J connectivity index is 2.99. The zero-order chi connectivity index (χ0) is 14.4. The number of nitrogens with zero attached hydrogens (tertiary/aromatic N) is 3. The summed E-state index contributed by atoms with van der Waals surface area (Å²) >= 11 is 0. The molecule has 0 amide bonds. The third-order valence-electron chi connectivity index (χ3n) is 2.94. The fraction of sp³-hybridized carbons (Fsp3) is 0.733. The van der Waals surface area contributed by atoms with Gasteiger partial charge in [0.15, 0.2) is 0 Å². The second kappa shape index (κ2) is 7.31. The number of anilines is 2. The predicted molar refractivity (Wildman–Crippen MR) is 82.9 cm³/mol. The van der Waals surface area contributed by atoms with Crippen molar-refractivity contribution in [3.63, 3.8) is 0 Å². The molecule has 0 fully saturated rings. The molecular weight excluding hydrogens is 236 g/mol. The van der Waals surface area contributed by atoms with Crippen LogP contribution in [0.4, 0.5) is 11.8 Å². The summed E-state index contributed by atoms with van der Waals surface area (Å²) in [6, 6.07) is 0.440. The molecule has 0 unspecified atom stereocenters. The SMILES string of the molecule is CCCNc1ncc(C)c(N(CC(C)C)C(C)C)n1.